The highest BCUT2D eigenvalue weighted by atomic mass is 19.4. The summed E-state index contributed by atoms with van der Waals surface area (Å²) in [6, 6.07) is 2.76. The summed E-state index contributed by atoms with van der Waals surface area (Å²) in [5.41, 5.74) is -0.103. The number of rotatable bonds is 3. The summed E-state index contributed by atoms with van der Waals surface area (Å²) in [6.07, 6.45) is -4.18. The quantitative estimate of drug-likeness (QED) is 0.754. The smallest absolute Gasteiger partial charge is 0.299 e. The molecule has 0 heterocycles. The number of halogens is 5. The molecule has 2 atom stereocenters. The molecular formula is C15H15F5O. The van der Waals surface area contributed by atoms with Gasteiger partial charge in [-0.2, -0.15) is 13.2 Å². The van der Waals surface area contributed by atoms with E-state index in [2.05, 4.69) is 0 Å². The second kappa shape index (κ2) is 6.12. The van der Waals surface area contributed by atoms with Gasteiger partial charge in [-0.3, -0.25) is 4.79 Å². The highest BCUT2D eigenvalue weighted by Gasteiger charge is 2.43. The highest BCUT2D eigenvalue weighted by molar-refractivity contribution is 5.83. The van der Waals surface area contributed by atoms with E-state index in [9.17, 15) is 26.7 Å². The fourth-order valence-corrected chi connectivity index (χ4v) is 2.79. The molecule has 1 aliphatic carbocycles. The Morgan fingerprint density at radius 3 is 2.57 bits per heavy atom. The van der Waals surface area contributed by atoms with Gasteiger partial charge in [0.05, 0.1) is 5.92 Å². The highest BCUT2D eigenvalue weighted by Crippen LogP contribution is 2.40. The van der Waals surface area contributed by atoms with Crippen LogP contribution in [0.5, 0.6) is 0 Å². The van der Waals surface area contributed by atoms with E-state index in [0.717, 1.165) is 18.2 Å². The van der Waals surface area contributed by atoms with E-state index in [1.807, 2.05) is 0 Å². The minimum atomic E-state index is -4.30. The lowest BCUT2D eigenvalue weighted by Gasteiger charge is -2.29. The summed E-state index contributed by atoms with van der Waals surface area (Å²) < 4.78 is 64.6. The molecule has 2 unspecified atom stereocenters. The van der Waals surface area contributed by atoms with Crippen molar-refractivity contribution < 1.29 is 26.7 Å². The number of hydrogen-bond acceptors (Lipinski definition) is 1. The van der Waals surface area contributed by atoms with Gasteiger partial charge in [0.1, 0.15) is 17.4 Å². The summed E-state index contributed by atoms with van der Waals surface area (Å²) in [7, 11) is 0. The number of benzene rings is 1. The average Bonchev–Trinajstić information content (AvgIpc) is 2.42. The van der Waals surface area contributed by atoms with E-state index in [1.54, 1.807) is 0 Å². The zero-order valence-corrected chi connectivity index (χ0v) is 11.2. The van der Waals surface area contributed by atoms with Gasteiger partial charge in [0.15, 0.2) is 0 Å². The Morgan fingerprint density at radius 2 is 1.90 bits per heavy atom. The summed E-state index contributed by atoms with van der Waals surface area (Å²) in [6.45, 7) is 0. The molecule has 21 heavy (non-hydrogen) atoms. The molecule has 1 saturated carbocycles. The lowest BCUT2D eigenvalue weighted by atomic mass is 9.78. The number of hydrogen-bond donors (Lipinski definition) is 0. The predicted octanol–water partition coefficient (Wildman–Crippen LogP) is 4.45. The van der Waals surface area contributed by atoms with Crippen LogP contribution in [0.1, 0.15) is 31.2 Å². The molecule has 0 bridgehead atoms. The SMILES string of the molecule is O=C(Cc1cc(F)ccc1F)C1CCCC(C(F)(F)F)C1. The van der Waals surface area contributed by atoms with E-state index in [0.29, 0.717) is 12.8 Å². The van der Waals surface area contributed by atoms with Crippen molar-refractivity contribution in [2.24, 2.45) is 11.8 Å². The van der Waals surface area contributed by atoms with Gasteiger partial charge in [-0.05, 0) is 43.0 Å². The first kappa shape index (κ1) is 15.9. The Labute approximate surface area is 119 Å². The minimum absolute atomic E-state index is 0.0294. The number of carbonyl (C=O) groups excluding carboxylic acids is 1. The molecule has 1 aliphatic rings. The molecule has 1 fully saturated rings. The van der Waals surface area contributed by atoms with Gasteiger partial charge in [-0.1, -0.05) is 6.42 Å². The standard InChI is InChI=1S/C15H15F5O/c16-12-4-5-13(17)10(7-12)8-14(21)9-2-1-3-11(6-9)15(18,19)20/h4-5,7,9,11H,1-3,6,8H2. The van der Waals surface area contributed by atoms with Crippen molar-refractivity contribution in [3.05, 3.63) is 35.4 Å². The topological polar surface area (TPSA) is 17.1 Å². The Hall–Kier alpha value is -1.46. The second-order valence-electron chi connectivity index (χ2n) is 5.48. The number of carbonyl (C=O) groups is 1. The molecular weight excluding hydrogens is 291 g/mol. The Kier molecular flexibility index (Phi) is 4.64. The number of ketones is 1. The van der Waals surface area contributed by atoms with Gasteiger partial charge in [0.2, 0.25) is 0 Å². The lowest BCUT2D eigenvalue weighted by Crippen LogP contribution is -2.32. The van der Waals surface area contributed by atoms with Crippen LogP contribution < -0.4 is 0 Å². The molecule has 1 nitrogen and oxygen atoms in total. The monoisotopic (exact) mass is 306 g/mol. The average molecular weight is 306 g/mol. The third-order valence-corrected chi connectivity index (χ3v) is 3.96. The Bertz CT molecular complexity index is 523. The fraction of sp³-hybridized carbons (Fsp3) is 0.533. The molecule has 0 radical (unpaired) electrons. The molecule has 0 aromatic heterocycles. The molecule has 1 aromatic rings. The fourth-order valence-electron chi connectivity index (χ4n) is 2.79. The van der Waals surface area contributed by atoms with Crippen molar-refractivity contribution >= 4 is 5.78 Å². The van der Waals surface area contributed by atoms with Crippen LogP contribution in [0.25, 0.3) is 0 Å². The first-order chi connectivity index (χ1) is 9.77. The van der Waals surface area contributed by atoms with E-state index in [1.165, 1.54) is 0 Å². The van der Waals surface area contributed by atoms with Crippen molar-refractivity contribution in [3.8, 4) is 0 Å². The maximum absolute atomic E-state index is 13.5. The van der Waals surface area contributed by atoms with Gasteiger partial charge < -0.3 is 0 Å². The van der Waals surface area contributed by atoms with Crippen LogP contribution in [0.15, 0.2) is 18.2 Å². The Balaban J connectivity index is 2.04. The summed E-state index contributed by atoms with van der Waals surface area (Å²) in [5.74, 6) is -4.04. The molecule has 0 aliphatic heterocycles. The summed E-state index contributed by atoms with van der Waals surface area (Å²) >= 11 is 0. The van der Waals surface area contributed by atoms with E-state index >= 15 is 0 Å². The van der Waals surface area contributed by atoms with Crippen LogP contribution in [-0.2, 0) is 11.2 Å². The van der Waals surface area contributed by atoms with E-state index < -0.39 is 35.4 Å². The number of alkyl halides is 3. The summed E-state index contributed by atoms with van der Waals surface area (Å²) in [5, 5.41) is 0. The van der Waals surface area contributed by atoms with Crippen molar-refractivity contribution in [3.63, 3.8) is 0 Å². The van der Waals surface area contributed by atoms with E-state index in [4.69, 9.17) is 0 Å². The molecule has 2 rings (SSSR count). The predicted molar refractivity (Wildman–Crippen MR) is 66.6 cm³/mol. The molecule has 0 saturated heterocycles. The van der Waals surface area contributed by atoms with Crippen LogP contribution >= 0.6 is 0 Å². The minimum Gasteiger partial charge on any atom is -0.299 e. The molecule has 0 N–H and O–H groups in total. The van der Waals surface area contributed by atoms with Gasteiger partial charge in [-0.15, -0.1) is 0 Å². The first-order valence-electron chi connectivity index (χ1n) is 6.80. The second-order valence-corrected chi connectivity index (χ2v) is 5.48. The first-order valence-corrected chi connectivity index (χ1v) is 6.80. The number of Topliss-reactive ketones (excluding diaryl/α,β-unsaturated/α-hetero) is 1. The third kappa shape index (κ3) is 4.02. The molecule has 1 aromatic carbocycles. The van der Waals surface area contributed by atoms with Crippen LogP contribution in [0.4, 0.5) is 22.0 Å². The normalized spacial score (nSPS) is 23.1. The van der Waals surface area contributed by atoms with Crippen molar-refractivity contribution in [1.29, 1.82) is 0 Å². The molecule has 0 spiro atoms. The molecule has 6 heteroatoms. The Morgan fingerprint density at radius 1 is 1.19 bits per heavy atom. The van der Waals surface area contributed by atoms with Crippen LogP contribution in [0.2, 0.25) is 0 Å². The van der Waals surface area contributed by atoms with Crippen molar-refractivity contribution in [1.82, 2.24) is 0 Å². The van der Waals surface area contributed by atoms with E-state index in [-0.39, 0.29) is 24.8 Å². The largest absolute Gasteiger partial charge is 0.391 e. The van der Waals surface area contributed by atoms with Gasteiger partial charge in [0.25, 0.3) is 0 Å². The summed E-state index contributed by atoms with van der Waals surface area (Å²) in [4.78, 5) is 12.0. The van der Waals surface area contributed by atoms with Gasteiger partial charge in [-0.25, -0.2) is 8.78 Å². The lowest BCUT2D eigenvalue weighted by molar-refractivity contribution is -0.186. The van der Waals surface area contributed by atoms with Crippen LogP contribution in [0, 0.1) is 23.5 Å². The van der Waals surface area contributed by atoms with Crippen LogP contribution in [-0.4, -0.2) is 12.0 Å². The molecule has 116 valence electrons. The van der Waals surface area contributed by atoms with Crippen molar-refractivity contribution in [2.45, 2.75) is 38.3 Å². The van der Waals surface area contributed by atoms with Gasteiger partial charge >= 0.3 is 6.18 Å². The zero-order chi connectivity index (χ0) is 15.6. The van der Waals surface area contributed by atoms with Crippen LogP contribution in [0.3, 0.4) is 0 Å². The van der Waals surface area contributed by atoms with Gasteiger partial charge in [0, 0.05) is 12.3 Å². The maximum Gasteiger partial charge on any atom is 0.391 e. The molecule has 0 amide bonds. The maximum atomic E-state index is 13.5. The zero-order valence-electron chi connectivity index (χ0n) is 11.2. The van der Waals surface area contributed by atoms with Crippen molar-refractivity contribution in [2.75, 3.05) is 0 Å². The third-order valence-electron chi connectivity index (χ3n) is 3.96.